The minimum atomic E-state index is -0.200. The SMILES string of the molecule is CCCCC(Nc1cccc(OC)c1)c1ccc(F)cc1. The van der Waals surface area contributed by atoms with Gasteiger partial charge in [0.25, 0.3) is 0 Å². The van der Waals surface area contributed by atoms with Gasteiger partial charge in [0, 0.05) is 11.8 Å². The van der Waals surface area contributed by atoms with Crippen LogP contribution in [0, 0.1) is 5.82 Å². The van der Waals surface area contributed by atoms with Gasteiger partial charge in [-0.1, -0.05) is 38.0 Å². The lowest BCUT2D eigenvalue weighted by Gasteiger charge is -2.20. The van der Waals surface area contributed by atoms with E-state index in [9.17, 15) is 4.39 Å². The lowest BCUT2D eigenvalue weighted by molar-refractivity contribution is 0.415. The summed E-state index contributed by atoms with van der Waals surface area (Å²) in [6.45, 7) is 2.17. The van der Waals surface area contributed by atoms with Crippen LogP contribution in [0.2, 0.25) is 0 Å². The Balaban J connectivity index is 2.17. The maximum absolute atomic E-state index is 13.1. The normalized spacial score (nSPS) is 12.0. The molecule has 2 aromatic rings. The molecular formula is C18H22FNO. The topological polar surface area (TPSA) is 21.3 Å². The Labute approximate surface area is 126 Å². The van der Waals surface area contributed by atoms with Crippen molar-refractivity contribution in [1.29, 1.82) is 0 Å². The lowest BCUT2D eigenvalue weighted by atomic mass is 10.0. The van der Waals surface area contributed by atoms with E-state index in [1.165, 1.54) is 12.1 Å². The standard InChI is InChI=1S/C18H22FNO/c1-3-4-8-18(14-9-11-15(19)12-10-14)20-16-6-5-7-17(13-16)21-2/h5-7,9-13,18,20H,3-4,8H2,1-2H3. The van der Waals surface area contributed by atoms with Crippen LogP contribution < -0.4 is 10.1 Å². The van der Waals surface area contributed by atoms with Crippen LogP contribution in [0.25, 0.3) is 0 Å². The smallest absolute Gasteiger partial charge is 0.123 e. The van der Waals surface area contributed by atoms with E-state index in [1.807, 2.05) is 36.4 Å². The molecule has 0 aliphatic carbocycles. The van der Waals surface area contributed by atoms with Gasteiger partial charge in [-0.05, 0) is 36.2 Å². The second kappa shape index (κ2) is 7.67. The number of hydrogen-bond acceptors (Lipinski definition) is 2. The number of anilines is 1. The molecule has 1 unspecified atom stereocenters. The van der Waals surface area contributed by atoms with Crippen molar-refractivity contribution in [1.82, 2.24) is 0 Å². The van der Waals surface area contributed by atoms with Gasteiger partial charge in [-0.2, -0.15) is 0 Å². The Morgan fingerprint density at radius 2 is 1.90 bits per heavy atom. The van der Waals surface area contributed by atoms with Crippen molar-refractivity contribution in [3.63, 3.8) is 0 Å². The van der Waals surface area contributed by atoms with Crippen LogP contribution in [-0.4, -0.2) is 7.11 Å². The Hall–Kier alpha value is -2.03. The molecule has 0 bridgehead atoms. The van der Waals surface area contributed by atoms with Gasteiger partial charge in [0.2, 0.25) is 0 Å². The molecule has 21 heavy (non-hydrogen) atoms. The zero-order valence-electron chi connectivity index (χ0n) is 12.6. The van der Waals surface area contributed by atoms with Gasteiger partial charge in [-0.3, -0.25) is 0 Å². The van der Waals surface area contributed by atoms with Gasteiger partial charge < -0.3 is 10.1 Å². The summed E-state index contributed by atoms with van der Waals surface area (Å²) in [6.07, 6.45) is 3.27. The van der Waals surface area contributed by atoms with Crippen LogP contribution in [0.4, 0.5) is 10.1 Å². The molecule has 1 atom stereocenters. The highest BCUT2D eigenvalue weighted by molar-refractivity contribution is 5.50. The van der Waals surface area contributed by atoms with Gasteiger partial charge in [0.05, 0.1) is 13.2 Å². The molecular weight excluding hydrogens is 265 g/mol. The fourth-order valence-electron chi connectivity index (χ4n) is 2.34. The van der Waals surface area contributed by atoms with Crippen molar-refractivity contribution in [2.75, 3.05) is 12.4 Å². The molecule has 0 amide bonds. The number of rotatable bonds is 7. The quantitative estimate of drug-likeness (QED) is 0.757. The number of methoxy groups -OCH3 is 1. The Bertz CT molecular complexity index is 553. The number of hydrogen-bond donors (Lipinski definition) is 1. The van der Waals surface area contributed by atoms with Crippen molar-refractivity contribution in [2.45, 2.75) is 32.2 Å². The molecule has 1 N–H and O–H groups in total. The summed E-state index contributed by atoms with van der Waals surface area (Å²) in [5.74, 6) is 0.628. The second-order valence-corrected chi connectivity index (χ2v) is 5.12. The number of halogens is 1. The summed E-state index contributed by atoms with van der Waals surface area (Å²) in [5, 5.41) is 3.52. The number of unbranched alkanes of at least 4 members (excludes halogenated alkanes) is 1. The molecule has 0 spiro atoms. The number of nitrogens with one attached hydrogen (secondary N) is 1. The van der Waals surface area contributed by atoms with Gasteiger partial charge in [0.1, 0.15) is 11.6 Å². The fourth-order valence-corrected chi connectivity index (χ4v) is 2.34. The minimum Gasteiger partial charge on any atom is -0.497 e. The van der Waals surface area contributed by atoms with Gasteiger partial charge in [-0.15, -0.1) is 0 Å². The average Bonchev–Trinajstić information content (AvgIpc) is 2.52. The van der Waals surface area contributed by atoms with Gasteiger partial charge in [-0.25, -0.2) is 4.39 Å². The van der Waals surface area contributed by atoms with Crippen LogP contribution in [0.1, 0.15) is 37.8 Å². The Morgan fingerprint density at radius 1 is 1.14 bits per heavy atom. The molecule has 0 aliphatic heterocycles. The monoisotopic (exact) mass is 287 g/mol. The third kappa shape index (κ3) is 4.48. The van der Waals surface area contributed by atoms with Crippen LogP contribution in [0.15, 0.2) is 48.5 Å². The first-order chi connectivity index (χ1) is 10.2. The van der Waals surface area contributed by atoms with E-state index in [2.05, 4.69) is 12.2 Å². The predicted molar refractivity (Wildman–Crippen MR) is 85.3 cm³/mol. The van der Waals surface area contributed by atoms with E-state index in [0.29, 0.717) is 0 Å². The first-order valence-electron chi connectivity index (χ1n) is 7.39. The molecule has 2 nitrogen and oxygen atoms in total. The molecule has 2 aromatic carbocycles. The average molecular weight is 287 g/mol. The Morgan fingerprint density at radius 3 is 2.57 bits per heavy atom. The highest BCUT2D eigenvalue weighted by Crippen LogP contribution is 2.26. The molecule has 0 aliphatic rings. The summed E-state index contributed by atoms with van der Waals surface area (Å²) in [4.78, 5) is 0. The molecule has 0 radical (unpaired) electrons. The molecule has 112 valence electrons. The summed E-state index contributed by atoms with van der Waals surface area (Å²) in [6, 6.07) is 14.8. The van der Waals surface area contributed by atoms with Gasteiger partial charge >= 0.3 is 0 Å². The largest absolute Gasteiger partial charge is 0.497 e. The molecule has 2 rings (SSSR count). The highest BCUT2D eigenvalue weighted by atomic mass is 19.1. The minimum absolute atomic E-state index is 0.178. The van der Waals surface area contributed by atoms with E-state index in [4.69, 9.17) is 4.74 Å². The zero-order chi connectivity index (χ0) is 15.1. The van der Waals surface area contributed by atoms with E-state index in [-0.39, 0.29) is 11.9 Å². The molecule has 0 aromatic heterocycles. The predicted octanol–water partition coefficient (Wildman–Crippen LogP) is 5.18. The summed E-state index contributed by atoms with van der Waals surface area (Å²) in [5.41, 5.74) is 2.12. The van der Waals surface area contributed by atoms with Crippen LogP contribution in [-0.2, 0) is 0 Å². The molecule has 0 fully saturated rings. The molecule has 0 heterocycles. The van der Waals surface area contributed by atoms with E-state index in [1.54, 1.807) is 7.11 Å². The first-order valence-corrected chi connectivity index (χ1v) is 7.39. The number of benzene rings is 2. The van der Waals surface area contributed by atoms with Crippen LogP contribution >= 0.6 is 0 Å². The van der Waals surface area contributed by atoms with Crippen molar-refractivity contribution < 1.29 is 9.13 Å². The third-order valence-corrected chi connectivity index (χ3v) is 3.53. The molecule has 3 heteroatoms. The van der Waals surface area contributed by atoms with Crippen molar-refractivity contribution in [3.8, 4) is 5.75 Å². The summed E-state index contributed by atoms with van der Waals surface area (Å²) in [7, 11) is 1.66. The Kier molecular flexibility index (Phi) is 5.61. The molecule has 0 saturated carbocycles. The molecule has 0 saturated heterocycles. The summed E-state index contributed by atoms with van der Waals surface area (Å²) < 4.78 is 18.3. The van der Waals surface area contributed by atoms with Crippen molar-refractivity contribution in [2.24, 2.45) is 0 Å². The first kappa shape index (κ1) is 15.4. The second-order valence-electron chi connectivity index (χ2n) is 5.12. The highest BCUT2D eigenvalue weighted by Gasteiger charge is 2.11. The lowest BCUT2D eigenvalue weighted by Crippen LogP contribution is -2.11. The fraction of sp³-hybridized carbons (Fsp3) is 0.333. The maximum atomic E-state index is 13.1. The zero-order valence-corrected chi connectivity index (χ0v) is 12.6. The van der Waals surface area contributed by atoms with E-state index in [0.717, 1.165) is 36.3 Å². The maximum Gasteiger partial charge on any atom is 0.123 e. The summed E-state index contributed by atoms with van der Waals surface area (Å²) >= 11 is 0. The third-order valence-electron chi connectivity index (χ3n) is 3.53. The van der Waals surface area contributed by atoms with Crippen LogP contribution in [0.3, 0.4) is 0 Å². The number of ether oxygens (including phenoxy) is 1. The van der Waals surface area contributed by atoms with E-state index >= 15 is 0 Å². The van der Waals surface area contributed by atoms with Crippen LogP contribution in [0.5, 0.6) is 5.75 Å². The van der Waals surface area contributed by atoms with Gasteiger partial charge in [0.15, 0.2) is 0 Å². The van der Waals surface area contributed by atoms with Crippen molar-refractivity contribution >= 4 is 5.69 Å². The van der Waals surface area contributed by atoms with E-state index < -0.39 is 0 Å². The van der Waals surface area contributed by atoms with Crippen molar-refractivity contribution in [3.05, 3.63) is 59.9 Å².